The molecule has 1 saturated heterocycles. The van der Waals surface area contributed by atoms with E-state index >= 15 is 8.42 Å². The first kappa shape index (κ1) is 48.9. The lowest BCUT2D eigenvalue weighted by molar-refractivity contribution is -0.250. The molecule has 0 spiro atoms. The maximum absolute atomic E-state index is 15.3. The fourth-order valence-corrected chi connectivity index (χ4v) is 12.0. The number of benzene rings is 3. The van der Waals surface area contributed by atoms with Crippen molar-refractivity contribution in [3.63, 3.8) is 0 Å². The van der Waals surface area contributed by atoms with E-state index in [1.807, 2.05) is 18.2 Å². The molecule has 0 bridgehead atoms. The van der Waals surface area contributed by atoms with Gasteiger partial charge in [-0.05, 0) is 98.4 Å². The number of aromatic nitrogens is 1. The minimum atomic E-state index is -4.34. The minimum absolute atomic E-state index is 0.0101. The molecule has 0 radical (unpaired) electrons. The van der Waals surface area contributed by atoms with Crippen LogP contribution in [0.1, 0.15) is 75.7 Å². The number of carbonyl (C=O) groups excluding carboxylic acids is 1. The molecule has 4 aliphatic rings. The number of likely N-dealkylation sites (N-methyl/N-ethyl adjacent to an activating group) is 1. The summed E-state index contributed by atoms with van der Waals surface area (Å²) in [5.41, 5.74) is 2.75. The highest BCUT2D eigenvalue weighted by Gasteiger charge is 2.66. The van der Waals surface area contributed by atoms with Crippen molar-refractivity contribution in [3.05, 3.63) is 103 Å². The standard InChI is InChI=1S/C51H62N4O12S/c1-5-27-64-51-45(55(2)68(59,60)44-18-12-15-33-16-13-24-52-49(33)44)32-41(54-67-46-19-8-11-28-63-46)38-29-34(14-6-9-25-56)37(17-7-10-26-57)47(48(38)51)39-30-36(21-23-42(39)66-51)65-50(58)53-40-22-20-35(61-3)31-43(40)62-4/h5,12-13,15-16,18,20-24,29-31,34,37,45-48,56-57H,1,6-11,14,17,19,25-28,32H2,2-4H3,(H,53,58). The van der Waals surface area contributed by atoms with Crippen LogP contribution < -0.4 is 24.3 Å². The lowest BCUT2D eigenvalue weighted by Crippen LogP contribution is -2.69. The van der Waals surface area contributed by atoms with Crippen LogP contribution in [0.5, 0.6) is 23.0 Å². The molecular weight excluding hydrogens is 893 g/mol. The fourth-order valence-electron chi connectivity index (χ4n) is 10.4. The summed E-state index contributed by atoms with van der Waals surface area (Å²) in [7, 11) is 0.232. The highest BCUT2D eigenvalue weighted by Crippen LogP contribution is 2.62. The van der Waals surface area contributed by atoms with Crippen LogP contribution in [0.2, 0.25) is 0 Å². The summed E-state index contributed by atoms with van der Waals surface area (Å²) in [5, 5.41) is 28.3. The average molecular weight is 955 g/mol. The van der Waals surface area contributed by atoms with E-state index in [-0.39, 0.29) is 48.7 Å². The molecule has 3 heterocycles. The Morgan fingerprint density at radius 1 is 1.00 bits per heavy atom. The molecule has 2 aliphatic carbocycles. The number of para-hydroxylation sites is 1. The van der Waals surface area contributed by atoms with Crippen LogP contribution in [-0.2, 0) is 24.3 Å². The van der Waals surface area contributed by atoms with E-state index in [0.717, 1.165) is 36.8 Å². The maximum Gasteiger partial charge on any atom is 0.417 e. The van der Waals surface area contributed by atoms with Crippen LogP contribution in [0, 0.1) is 17.8 Å². The second-order valence-corrected chi connectivity index (χ2v) is 19.6. The van der Waals surface area contributed by atoms with Crippen molar-refractivity contribution in [2.24, 2.45) is 22.9 Å². The zero-order chi connectivity index (χ0) is 47.8. The van der Waals surface area contributed by atoms with Gasteiger partial charge >= 0.3 is 6.09 Å². The highest BCUT2D eigenvalue weighted by molar-refractivity contribution is 7.89. The number of unbranched alkanes of at least 4 members (excludes halogenated alkanes) is 2. The van der Waals surface area contributed by atoms with Gasteiger partial charge in [-0.2, -0.15) is 4.31 Å². The first-order valence-electron chi connectivity index (χ1n) is 23.4. The number of ether oxygens (including phenoxy) is 6. The average Bonchev–Trinajstić information content (AvgIpc) is 3.36. The molecule has 3 aromatic carbocycles. The van der Waals surface area contributed by atoms with Crippen LogP contribution in [0.25, 0.3) is 10.9 Å². The number of methoxy groups -OCH3 is 2. The largest absolute Gasteiger partial charge is 0.497 e. The second-order valence-electron chi connectivity index (χ2n) is 17.6. The normalized spacial score (nSPS) is 24.9. The van der Waals surface area contributed by atoms with Crippen molar-refractivity contribution in [2.45, 2.75) is 93.1 Å². The summed E-state index contributed by atoms with van der Waals surface area (Å²) in [5.74, 6) is -1.41. The van der Waals surface area contributed by atoms with E-state index in [1.54, 1.807) is 67.9 Å². The Kier molecular flexibility index (Phi) is 15.7. The van der Waals surface area contributed by atoms with Gasteiger partial charge in [0.2, 0.25) is 22.1 Å². The molecular formula is C51H62N4O12S. The third-order valence-corrected chi connectivity index (χ3v) is 15.5. The summed E-state index contributed by atoms with van der Waals surface area (Å²) < 4.78 is 68.9. The highest BCUT2D eigenvalue weighted by atomic mass is 32.2. The quantitative estimate of drug-likeness (QED) is 0.0435. The van der Waals surface area contributed by atoms with Crippen LogP contribution >= 0.6 is 0 Å². The van der Waals surface area contributed by atoms with Gasteiger partial charge in [-0.15, -0.1) is 6.58 Å². The molecule has 7 unspecified atom stereocenters. The predicted octanol–water partition coefficient (Wildman–Crippen LogP) is 8.34. The third kappa shape index (κ3) is 9.96. The van der Waals surface area contributed by atoms with Gasteiger partial charge in [0.15, 0.2) is 0 Å². The number of oxime groups is 1. The number of aliphatic hydroxyl groups is 2. The van der Waals surface area contributed by atoms with Crippen LogP contribution in [-0.4, -0.2) is 106 Å². The third-order valence-electron chi connectivity index (χ3n) is 13.6. The van der Waals surface area contributed by atoms with Gasteiger partial charge in [0, 0.05) is 62.2 Å². The predicted molar refractivity (Wildman–Crippen MR) is 256 cm³/mol. The number of fused-ring (bicyclic) bond motifs is 3. The van der Waals surface area contributed by atoms with E-state index in [0.29, 0.717) is 78.3 Å². The Bertz CT molecular complexity index is 2600. The number of hydrogen-bond acceptors (Lipinski definition) is 14. The van der Waals surface area contributed by atoms with Crippen molar-refractivity contribution in [1.82, 2.24) is 9.29 Å². The smallest absolute Gasteiger partial charge is 0.417 e. The van der Waals surface area contributed by atoms with Gasteiger partial charge in [-0.25, -0.2) is 13.2 Å². The molecule has 3 N–H and O–H groups in total. The number of amides is 1. The van der Waals surface area contributed by atoms with E-state index < -0.39 is 46.1 Å². The van der Waals surface area contributed by atoms with Crippen molar-refractivity contribution in [2.75, 3.05) is 53.0 Å². The Labute approximate surface area is 397 Å². The van der Waals surface area contributed by atoms with Crippen LogP contribution in [0.15, 0.2) is 107 Å². The molecule has 4 aromatic rings. The van der Waals surface area contributed by atoms with Crippen molar-refractivity contribution >= 4 is 38.4 Å². The lowest BCUT2D eigenvalue weighted by Gasteiger charge is -2.59. The maximum atomic E-state index is 15.3. The van der Waals surface area contributed by atoms with Gasteiger partial charge in [-0.3, -0.25) is 10.3 Å². The lowest BCUT2D eigenvalue weighted by atomic mass is 9.55. The first-order chi connectivity index (χ1) is 33.1. The fraction of sp³-hybridized carbons (Fsp3) is 0.471. The summed E-state index contributed by atoms with van der Waals surface area (Å²) in [4.78, 5) is 24.4. The van der Waals surface area contributed by atoms with Gasteiger partial charge in [0.1, 0.15) is 27.9 Å². The molecule has 17 heteroatoms. The molecule has 364 valence electrons. The molecule has 1 saturated carbocycles. The van der Waals surface area contributed by atoms with Crippen molar-refractivity contribution in [3.8, 4) is 23.0 Å². The molecule has 16 nitrogen and oxygen atoms in total. The first-order valence-corrected chi connectivity index (χ1v) is 24.9. The van der Waals surface area contributed by atoms with Gasteiger partial charge in [0.25, 0.3) is 0 Å². The zero-order valence-electron chi connectivity index (χ0n) is 38.9. The number of anilines is 1. The van der Waals surface area contributed by atoms with Gasteiger partial charge in [0.05, 0.1) is 56.3 Å². The monoisotopic (exact) mass is 954 g/mol. The summed E-state index contributed by atoms with van der Waals surface area (Å²) in [6, 6.07) is 17.8. The number of nitrogens with one attached hydrogen (secondary N) is 1. The molecule has 8 rings (SSSR count). The van der Waals surface area contributed by atoms with E-state index in [9.17, 15) is 15.0 Å². The zero-order valence-corrected chi connectivity index (χ0v) is 39.7. The second kappa shape index (κ2) is 21.8. The molecule has 2 fully saturated rings. The molecule has 1 aromatic heterocycles. The Balaban J connectivity index is 1.30. The number of allylic oxidation sites excluding steroid dienone is 1. The van der Waals surface area contributed by atoms with E-state index in [4.69, 9.17) is 38.4 Å². The summed E-state index contributed by atoms with van der Waals surface area (Å²) in [6.45, 7) is 4.60. The van der Waals surface area contributed by atoms with E-state index in [1.165, 1.54) is 18.5 Å². The summed E-state index contributed by atoms with van der Waals surface area (Å²) in [6.07, 6.45) is 10.6. The Morgan fingerprint density at radius 2 is 1.79 bits per heavy atom. The van der Waals surface area contributed by atoms with Crippen molar-refractivity contribution in [1.29, 1.82) is 0 Å². The molecule has 2 aliphatic heterocycles. The number of hydrogen-bond donors (Lipinski definition) is 3. The number of nitrogens with zero attached hydrogens (tertiary/aromatic N) is 3. The molecule has 1 amide bonds. The number of sulfonamides is 1. The van der Waals surface area contributed by atoms with E-state index in [2.05, 4.69) is 23.0 Å². The number of aliphatic hydroxyl groups excluding tert-OH is 2. The molecule has 7 atom stereocenters. The number of rotatable bonds is 20. The molecule has 68 heavy (non-hydrogen) atoms. The summed E-state index contributed by atoms with van der Waals surface area (Å²) >= 11 is 0. The van der Waals surface area contributed by atoms with Gasteiger partial charge in [-0.1, -0.05) is 48.3 Å². The number of pyridine rings is 1. The Hall–Kier alpha value is -5.56. The Morgan fingerprint density at radius 3 is 2.54 bits per heavy atom. The number of carbonyl (C=O) groups is 1. The van der Waals surface area contributed by atoms with Crippen LogP contribution in [0.3, 0.4) is 0 Å². The SMILES string of the molecule is C=CCOC12Oc3ccc(OC(=O)Nc4ccc(OC)cc4OC)cc3C3C(CCCCO)C(CCCCO)C=C(C(=NOC4CCCCO4)CC1N(C)S(=O)(=O)c1cccc4cccnc14)C32. The minimum Gasteiger partial charge on any atom is -0.497 e. The van der Waals surface area contributed by atoms with Crippen molar-refractivity contribution < 1.29 is 56.7 Å². The topological polar surface area (TPSA) is 197 Å². The van der Waals surface area contributed by atoms with Gasteiger partial charge < -0.3 is 43.5 Å². The van der Waals surface area contributed by atoms with Crippen LogP contribution in [0.4, 0.5) is 10.5 Å².